The van der Waals surface area contributed by atoms with Gasteiger partial charge in [0.15, 0.2) is 0 Å². The van der Waals surface area contributed by atoms with E-state index in [4.69, 9.17) is 9.47 Å². The van der Waals surface area contributed by atoms with Crippen LogP contribution in [0.1, 0.15) is 48.6 Å². The summed E-state index contributed by atoms with van der Waals surface area (Å²) in [7, 11) is 1.33. The first-order valence-corrected chi connectivity index (χ1v) is 9.84. The Labute approximate surface area is 167 Å². The number of nitrogens with zero attached hydrogens (tertiary/aromatic N) is 2. The maximum absolute atomic E-state index is 14.1. The highest BCUT2D eigenvalue weighted by molar-refractivity contribution is 7.10. The Morgan fingerprint density at radius 3 is 2.54 bits per heavy atom. The van der Waals surface area contributed by atoms with Gasteiger partial charge in [-0.2, -0.15) is 0 Å². The molecule has 6 nitrogen and oxygen atoms in total. The summed E-state index contributed by atoms with van der Waals surface area (Å²) in [4.78, 5) is 30.0. The number of carbonyl (C=O) groups is 2. The highest BCUT2D eigenvalue weighted by Crippen LogP contribution is 2.37. The summed E-state index contributed by atoms with van der Waals surface area (Å²) >= 11 is 1.38. The van der Waals surface area contributed by atoms with E-state index < -0.39 is 29.9 Å². The van der Waals surface area contributed by atoms with Gasteiger partial charge in [-0.25, -0.2) is 19.0 Å². The molecule has 3 rings (SSSR count). The topological polar surface area (TPSA) is 68.7 Å². The summed E-state index contributed by atoms with van der Waals surface area (Å²) in [5, 5.41) is 2.53. The molecule has 1 saturated heterocycles. The number of aromatic nitrogens is 1. The number of esters is 1. The molecule has 2 aromatic rings. The number of ether oxygens (including phenoxy) is 2. The molecular weight excluding hydrogens is 383 g/mol. The molecule has 2 heterocycles. The molecule has 1 aromatic carbocycles. The molecule has 1 aliphatic heterocycles. The second-order valence-electron chi connectivity index (χ2n) is 7.62. The minimum Gasteiger partial charge on any atom is -0.465 e. The molecule has 0 spiro atoms. The Bertz CT molecular complexity index is 860. The second kappa shape index (κ2) is 7.87. The number of alkyl halides is 1. The van der Waals surface area contributed by atoms with Gasteiger partial charge in [0.05, 0.1) is 31.0 Å². The van der Waals surface area contributed by atoms with E-state index in [0.29, 0.717) is 16.3 Å². The van der Waals surface area contributed by atoms with Crippen LogP contribution >= 0.6 is 11.3 Å². The summed E-state index contributed by atoms with van der Waals surface area (Å²) in [6.45, 7) is 5.34. The van der Waals surface area contributed by atoms with Crippen molar-refractivity contribution in [2.45, 2.75) is 45.0 Å². The van der Waals surface area contributed by atoms with Crippen molar-refractivity contribution in [3.63, 3.8) is 0 Å². The summed E-state index contributed by atoms with van der Waals surface area (Å²) in [5.41, 5.74) is 1.34. The molecule has 0 radical (unpaired) electrons. The number of benzene rings is 1. The van der Waals surface area contributed by atoms with Crippen molar-refractivity contribution in [3.8, 4) is 11.3 Å². The molecule has 1 fully saturated rings. The minimum absolute atomic E-state index is 0.00230. The standard InChI is InChI=1S/C20H23FN2O4S/c1-20(2,3)27-19(25)23-10-14(21)9-16(23)17-22-15(11-28-17)12-5-7-13(8-6-12)18(24)26-4/h5-8,11,14,16H,9-10H2,1-4H3. The molecule has 1 amide bonds. The van der Waals surface area contributed by atoms with Crippen LogP contribution in [-0.2, 0) is 9.47 Å². The van der Waals surface area contributed by atoms with Gasteiger partial charge in [0.2, 0.25) is 0 Å². The largest absolute Gasteiger partial charge is 0.465 e. The van der Waals surface area contributed by atoms with Crippen LogP contribution in [0.4, 0.5) is 9.18 Å². The van der Waals surface area contributed by atoms with Crippen molar-refractivity contribution in [2.24, 2.45) is 0 Å². The molecule has 1 aliphatic rings. The smallest absolute Gasteiger partial charge is 0.410 e. The van der Waals surface area contributed by atoms with Crippen LogP contribution in [0.2, 0.25) is 0 Å². The average molecular weight is 406 g/mol. The molecule has 1 aromatic heterocycles. The first-order chi connectivity index (χ1) is 13.2. The highest BCUT2D eigenvalue weighted by atomic mass is 32.1. The first-order valence-electron chi connectivity index (χ1n) is 8.96. The van der Waals surface area contributed by atoms with Gasteiger partial charge >= 0.3 is 12.1 Å². The molecule has 2 unspecified atom stereocenters. The van der Waals surface area contributed by atoms with E-state index in [9.17, 15) is 14.0 Å². The third-order valence-corrected chi connectivity index (χ3v) is 5.23. The van der Waals surface area contributed by atoms with Gasteiger partial charge in [-0.15, -0.1) is 11.3 Å². The molecule has 0 N–H and O–H groups in total. The quantitative estimate of drug-likeness (QED) is 0.696. The number of carbonyl (C=O) groups excluding carboxylic acids is 2. The molecule has 28 heavy (non-hydrogen) atoms. The molecule has 8 heteroatoms. The lowest BCUT2D eigenvalue weighted by atomic mass is 10.1. The predicted octanol–water partition coefficient (Wildman–Crippen LogP) is 4.62. The number of thiazole rings is 1. The summed E-state index contributed by atoms with van der Waals surface area (Å²) < 4.78 is 24.2. The average Bonchev–Trinajstić information content (AvgIpc) is 3.26. The van der Waals surface area contributed by atoms with E-state index in [1.165, 1.54) is 23.3 Å². The lowest BCUT2D eigenvalue weighted by Gasteiger charge is -2.27. The van der Waals surface area contributed by atoms with Gasteiger partial charge in [-0.05, 0) is 32.9 Å². The fourth-order valence-corrected chi connectivity index (χ4v) is 3.96. The predicted molar refractivity (Wildman–Crippen MR) is 104 cm³/mol. The van der Waals surface area contributed by atoms with Crippen molar-refractivity contribution in [2.75, 3.05) is 13.7 Å². The van der Waals surface area contributed by atoms with E-state index >= 15 is 0 Å². The van der Waals surface area contributed by atoms with Gasteiger partial charge in [-0.1, -0.05) is 12.1 Å². The van der Waals surface area contributed by atoms with Crippen LogP contribution in [0.5, 0.6) is 0 Å². The van der Waals surface area contributed by atoms with Crippen molar-refractivity contribution in [1.29, 1.82) is 0 Å². The zero-order valence-corrected chi connectivity index (χ0v) is 17.1. The zero-order valence-electron chi connectivity index (χ0n) is 16.3. The molecule has 0 aliphatic carbocycles. The number of hydrogen-bond acceptors (Lipinski definition) is 6. The number of hydrogen-bond donors (Lipinski definition) is 0. The Morgan fingerprint density at radius 2 is 1.93 bits per heavy atom. The molecule has 0 saturated carbocycles. The Morgan fingerprint density at radius 1 is 1.25 bits per heavy atom. The minimum atomic E-state index is -1.11. The normalized spacial score (nSPS) is 19.5. The Balaban J connectivity index is 1.80. The van der Waals surface area contributed by atoms with E-state index in [2.05, 4.69) is 4.98 Å². The van der Waals surface area contributed by atoms with Crippen LogP contribution in [0, 0.1) is 0 Å². The number of methoxy groups -OCH3 is 1. The van der Waals surface area contributed by atoms with Crippen LogP contribution < -0.4 is 0 Å². The first kappa shape index (κ1) is 20.3. The third kappa shape index (κ3) is 4.49. The highest BCUT2D eigenvalue weighted by Gasteiger charge is 2.40. The third-order valence-electron chi connectivity index (χ3n) is 4.29. The second-order valence-corrected chi connectivity index (χ2v) is 8.51. The van der Waals surface area contributed by atoms with Crippen molar-refractivity contribution in [1.82, 2.24) is 9.88 Å². The van der Waals surface area contributed by atoms with Gasteiger partial charge in [-0.3, -0.25) is 4.90 Å². The maximum Gasteiger partial charge on any atom is 0.410 e. The fraction of sp³-hybridized carbons (Fsp3) is 0.450. The lowest BCUT2D eigenvalue weighted by molar-refractivity contribution is 0.0216. The monoisotopic (exact) mass is 406 g/mol. The van der Waals surface area contributed by atoms with Crippen LogP contribution in [0.15, 0.2) is 29.6 Å². The van der Waals surface area contributed by atoms with Gasteiger partial charge < -0.3 is 9.47 Å². The molecular formula is C20H23FN2O4S. The SMILES string of the molecule is COC(=O)c1ccc(-c2csc(C3CC(F)CN3C(=O)OC(C)(C)C)n2)cc1. The van der Waals surface area contributed by atoms with E-state index in [1.807, 2.05) is 5.38 Å². The summed E-state index contributed by atoms with van der Waals surface area (Å²) in [6, 6.07) is 6.45. The molecule has 0 bridgehead atoms. The number of halogens is 1. The summed E-state index contributed by atoms with van der Waals surface area (Å²) in [5.74, 6) is -0.404. The zero-order chi connectivity index (χ0) is 20.5. The van der Waals surface area contributed by atoms with Gasteiger partial charge in [0.1, 0.15) is 16.8 Å². The van der Waals surface area contributed by atoms with Crippen molar-refractivity contribution >= 4 is 23.4 Å². The van der Waals surface area contributed by atoms with Gasteiger partial charge in [0, 0.05) is 17.4 Å². The number of rotatable bonds is 3. The van der Waals surface area contributed by atoms with Crippen LogP contribution in [-0.4, -0.2) is 47.4 Å². The maximum atomic E-state index is 14.1. The molecule has 150 valence electrons. The van der Waals surface area contributed by atoms with Crippen molar-refractivity contribution < 1.29 is 23.5 Å². The van der Waals surface area contributed by atoms with Crippen LogP contribution in [0.25, 0.3) is 11.3 Å². The van der Waals surface area contributed by atoms with E-state index in [0.717, 1.165) is 5.56 Å². The number of likely N-dealkylation sites (tertiary alicyclic amines) is 1. The van der Waals surface area contributed by atoms with E-state index in [-0.39, 0.29) is 13.0 Å². The Kier molecular flexibility index (Phi) is 5.69. The molecule has 2 atom stereocenters. The van der Waals surface area contributed by atoms with Gasteiger partial charge in [0.25, 0.3) is 0 Å². The van der Waals surface area contributed by atoms with Crippen molar-refractivity contribution in [3.05, 3.63) is 40.2 Å². The summed E-state index contributed by atoms with van der Waals surface area (Å²) in [6.07, 6.45) is -1.44. The number of amides is 1. The Hall–Kier alpha value is -2.48. The van der Waals surface area contributed by atoms with Crippen LogP contribution in [0.3, 0.4) is 0 Å². The fourth-order valence-electron chi connectivity index (χ4n) is 3.01. The lowest BCUT2D eigenvalue weighted by Crippen LogP contribution is -2.36. The van der Waals surface area contributed by atoms with E-state index in [1.54, 1.807) is 45.0 Å².